The van der Waals surface area contributed by atoms with E-state index < -0.39 is 0 Å². The van der Waals surface area contributed by atoms with E-state index in [2.05, 4.69) is 37.2 Å². The van der Waals surface area contributed by atoms with E-state index in [4.69, 9.17) is 5.73 Å². The quantitative estimate of drug-likeness (QED) is 0.756. The minimum Gasteiger partial charge on any atom is -0.397 e. The highest BCUT2D eigenvalue weighted by atomic mass is 79.9. The molecule has 2 rings (SSSR count). The minimum atomic E-state index is 0.743. The van der Waals surface area contributed by atoms with Gasteiger partial charge >= 0.3 is 0 Å². The SMILES string of the molecule is Cc1ccc(Nc2c(Br)cccc2Br)c(N)c1. The molecule has 2 aromatic carbocycles. The van der Waals surface area contributed by atoms with Crippen molar-refractivity contribution in [3.8, 4) is 0 Å². The molecule has 17 heavy (non-hydrogen) atoms. The summed E-state index contributed by atoms with van der Waals surface area (Å²) in [5, 5.41) is 3.32. The topological polar surface area (TPSA) is 38.0 Å². The number of hydrogen-bond donors (Lipinski definition) is 2. The predicted octanol–water partition coefficient (Wildman–Crippen LogP) is 4.85. The molecule has 0 aliphatic rings. The van der Waals surface area contributed by atoms with Gasteiger partial charge in [0.2, 0.25) is 0 Å². The first-order valence-electron chi connectivity index (χ1n) is 5.15. The second kappa shape index (κ2) is 5.10. The van der Waals surface area contributed by atoms with Crippen LogP contribution in [-0.4, -0.2) is 0 Å². The molecule has 0 aliphatic heterocycles. The number of nitrogens with two attached hydrogens (primary N) is 1. The zero-order valence-electron chi connectivity index (χ0n) is 9.30. The van der Waals surface area contributed by atoms with Crippen LogP contribution in [0.4, 0.5) is 17.1 Å². The van der Waals surface area contributed by atoms with E-state index in [-0.39, 0.29) is 0 Å². The van der Waals surface area contributed by atoms with Gasteiger partial charge in [-0.1, -0.05) is 12.1 Å². The fourth-order valence-electron chi connectivity index (χ4n) is 1.55. The molecule has 0 radical (unpaired) electrons. The fraction of sp³-hybridized carbons (Fsp3) is 0.0769. The van der Waals surface area contributed by atoms with Crippen LogP contribution in [-0.2, 0) is 0 Å². The Hall–Kier alpha value is -1.00. The van der Waals surface area contributed by atoms with Gasteiger partial charge in [-0.3, -0.25) is 0 Å². The van der Waals surface area contributed by atoms with Gasteiger partial charge in [0.1, 0.15) is 0 Å². The van der Waals surface area contributed by atoms with Crippen LogP contribution in [0.15, 0.2) is 45.3 Å². The van der Waals surface area contributed by atoms with E-state index in [1.165, 1.54) is 0 Å². The zero-order valence-corrected chi connectivity index (χ0v) is 12.5. The van der Waals surface area contributed by atoms with Crippen molar-refractivity contribution in [1.29, 1.82) is 0 Å². The molecule has 0 saturated heterocycles. The average molecular weight is 356 g/mol. The summed E-state index contributed by atoms with van der Waals surface area (Å²) in [6.45, 7) is 2.02. The molecule has 0 aromatic heterocycles. The Labute approximate surface area is 117 Å². The molecule has 0 amide bonds. The largest absolute Gasteiger partial charge is 0.397 e. The van der Waals surface area contributed by atoms with Crippen LogP contribution in [0, 0.1) is 6.92 Å². The number of hydrogen-bond acceptors (Lipinski definition) is 2. The van der Waals surface area contributed by atoms with Gasteiger partial charge in [-0.2, -0.15) is 0 Å². The molecule has 0 fully saturated rings. The third-order valence-corrected chi connectivity index (χ3v) is 3.75. The number of rotatable bonds is 2. The fourth-order valence-corrected chi connectivity index (χ4v) is 2.74. The van der Waals surface area contributed by atoms with Gasteiger partial charge in [0.25, 0.3) is 0 Å². The van der Waals surface area contributed by atoms with Gasteiger partial charge in [0.15, 0.2) is 0 Å². The van der Waals surface area contributed by atoms with Crippen molar-refractivity contribution >= 4 is 48.9 Å². The third-order valence-electron chi connectivity index (χ3n) is 2.43. The number of benzene rings is 2. The maximum Gasteiger partial charge on any atom is 0.0673 e. The van der Waals surface area contributed by atoms with Crippen molar-refractivity contribution in [1.82, 2.24) is 0 Å². The lowest BCUT2D eigenvalue weighted by molar-refractivity contribution is 1.44. The molecule has 0 spiro atoms. The smallest absolute Gasteiger partial charge is 0.0673 e. The predicted molar refractivity (Wildman–Crippen MR) is 80.7 cm³/mol. The summed E-state index contributed by atoms with van der Waals surface area (Å²) in [5.41, 5.74) is 9.75. The van der Waals surface area contributed by atoms with Crippen LogP contribution >= 0.6 is 31.9 Å². The highest BCUT2D eigenvalue weighted by Gasteiger charge is 2.06. The second-order valence-corrected chi connectivity index (χ2v) is 5.52. The molecule has 2 nitrogen and oxygen atoms in total. The van der Waals surface area contributed by atoms with Crippen molar-refractivity contribution in [2.45, 2.75) is 6.92 Å². The maximum atomic E-state index is 5.98. The van der Waals surface area contributed by atoms with Crippen LogP contribution < -0.4 is 11.1 Å². The summed E-state index contributed by atoms with van der Waals surface area (Å²) in [4.78, 5) is 0. The van der Waals surface area contributed by atoms with E-state index in [1.807, 2.05) is 43.3 Å². The van der Waals surface area contributed by atoms with Crippen molar-refractivity contribution in [3.63, 3.8) is 0 Å². The summed E-state index contributed by atoms with van der Waals surface area (Å²) < 4.78 is 1.98. The summed E-state index contributed by atoms with van der Waals surface area (Å²) in [7, 11) is 0. The Morgan fingerprint density at radius 3 is 2.29 bits per heavy atom. The molecule has 3 N–H and O–H groups in total. The zero-order chi connectivity index (χ0) is 12.4. The van der Waals surface area contributed by atoms with Crippen LogP contribution in [0.5, 0.6) is 0 Å². The number of nitrogens with one attached hydrogen (secondary N) is 1. The summed E-state index contributed by atoms with van der Waals surface area (Å²) in [6, 6.07) is 11.9. The lowest BCUT2D eigenvalue weighted by atomic mass is 10.2. The normalized spacial score (nSPS) is 10.3. The number of halogens is 2. The standard InChI is InChI=1S/C13H12Br2N2/c1-8-5-6-12(11(16)7-8)17-13-9(14)3-2-4-10(13)15/h2-7,17H,16H2,1H3. The lowest BCUT2D eigenvalue weighted by Crippen LogP contribution is -1.98. The van der Waals surface area contributed by atoms with Crippen LogP contribution in [0.25, 0.3) is 0 Å². The number of anilines is 3. The van der Waals surface area contributed by atoms with Crippen LogP contribution in [0.2, 0.25) is 0 Å². The van der Waals surface area contributed by atoms with Crippen molar-refractivity contribution in [2.75, 3.05) is 11.1 Å². The number of nitrogen functional groups attached to an aromatic ring is 1. The number of para-hydroxylation sites is 1. The van der Waals surface area contributed by atoms with E-state index in [9.17, 15) is 0 Å². The first kappa shape index (κ1) is 12.5. The molecule has 0 heterocycles. The molecule has 4 heteroatoms. The van der Waals surface area contributed by atoms with E-state index in [1.54, 1.807) is 0 Å². The Morgan fingerprint density at radius 2 is 1.71 bits per heavy atom. The first-order chi connectivity index (χ1) is 8.08. The lowest BCUT2D eigenvalue weighted by Gasteiger charge is -2.13. The molecule has 0 atom stereocenters. The Morgan fingerprint density at radius 1 is 1.06 bits per heavy atom. The monoisotopic (exact) mass is 354 g/mol. The Bertz CT molecular complexity index is 533. The Balaban J connectivity index is 2.38. The van der Waals surface area contributed by atoms with Gasteiger partial charge in [0, 0.05) is 8.95 Å². The molecular formula is C13H12Br2N2. The first-order valence-corrected chi connectivity index (χ1v) is 6.73. The summed E-state index contributed by atoms with van der Waals surface area (Å²) in [6.07, 6.45) is 0. The van der Waals surface area contributed by atoms with Gasteiger partial charge in [-0.25, -0.2) is 0 Å². The van der Waals surface area contributed by atoms with Crippen LogP contribution in [0.1, 0.15) is 5.56 Å². The van der Waals surface area contributed by atoms with Crippen molar-refractivity contribution in [3.05, 3.63) is 50.9 Å². The molecule has 0 aliphatic carbocycles. The highest BCUT2D eigenvalue weighted by molar-refractivity contribution is 9.11. The van der Waals surface area contributed by atoms with E-state index >= 15 is 0 Å². The second-order valence-electron chi connectivity index (χ2n) is 3.81. The number of aryl methyl sites for hydroxylation is 1. The molecule has 0 bridgehead atoms. The van der Waals surface area contributed by atoms with Gasteiger partial charge in [-0.05, 0) is 68.6 Å². The van der Waals surface area contributed by atoms with Crippen molar-refractivity contribution in [2.24, 2.45) is 0 Å². The molecule has 0 saturated carbocycles. The van der Waals surface area contributed by atoms with Gasteiger partial charge < -0.3 is 11.1 Å². The molecule has 2 aromatic rings. The summed E-state index contributed by atoms with van der Waals surface area (Å²) in [5.74, 6) is 0. The average Bonchev–Trinajstić information content (AvgIpc) is 2.26. The Kier molecular flexibility index (Phi) is 3.74. The van der Waals surface area contributed by atoms with Crippen molar-refractivity contribution < 1.29 is 0 Å². The minimum absolute atomic E-state index is 0.743. The molecule has 88 valence electrons. The maximum absolute atomic E-state index is 5.98. The highest BCUT2D eigenvalue weighted by Crippen LogP contribution is 2.34. The van der Waals surface area contributed by atoms with Gasteiger partial charge in [-0.15, -0.1) is 0 Å². The third kappa shape index (κ3) is 2.82. The van der Waals surface area contributed by atoms with Gasteiger partial charge in [0.05, 0.1) is 17.1 Å². The van der Waals surface area contributed by atoms with E-state index in [0.717, 1.165) is 31.6 Å². The van der Waals surface area contributed by atoms with Crippen LogP contribution in [0.3, 0.4) is 0 Å². The molecular weight excluding hydrogens is 344 g/mol. The van der Waals surface area contributed by atoms with E-state index in [0.29, 0.717) is 0 Å². The summed E-state index contributed by atoms with van der Waals surface area (Å²) >= 11 is 7.02. The molecule has 0 unspecified atom stereocenters.